The van der Waals surface area contributed by atoms with Crippen molar-refractivity contribution in [2.24, 2.45) is 0 Å². The number of nitrogens with zero attached hydrogens (tertiary/aromatic N) is 2. The average Bonchev–Trinajstić information content (AvgIpc) is 3.85. The van der Waals surface area contributed by atoms with E-state index < -0.39 is 0 Å². The SMILES string of the molecule is c1ccc(-c2cccc(-c3ccc4c(c3)[se]c3cccc(-n5c6ccccc6c6cc(-n7c8ccccc8c8ccccc87)ccc65)c34)c2)cc1. The molecular formula is C48H30N2Se. The van der Waals surface area contributed by atoms with Crippen LogP contribution in [0.3, 0.4) is 0 Å². The third-order valence-electron chi connectivity index (χ3n) is 10.5. The Labute approximate surface area is 300 Å². The van der Waals surface area contributed by atoms with E-state index in [4.69, 9.17) is 0 Å². The van der Waals surface area contributed by atoms with Crippen LogP contribution < -0.4 is 0 Å². The van der Waals surface area contributed by atoms with Crippen LogP contribution in [0.4, 0.5) is 0 Å². The number of para-hydroxylation sites is 3. The fraction of sp³-hybridized carbons (Fsp3) is 0. The first kappa shape index (κ1) is 28.7. The molecule has 3 heterocycles. The molecule has 238 valence electrons. The molecule has 0 aliphatic rings. The first-order valence-corrected chi connectivity index (χ1v) is 19.1. The normalized spacial score (nSPS) is 11.9. The zero-order valence-corrected chi connectivity index (χ0v) is 29.3. The molecule has 11 rings (SSSR count). The van der Waals surface area contributed by atoms with Crippen molar-refractivity contribution in [2.75, 3.05) is 0 Å². The van der Waals surface area contributed by atoms with E-state index in [0.29, 0.717) is 0 Å². The molecular weight excluding hydrogens is 684 g/mol. The first-order valence-electron chi connectivity index (χ1n) is 17.4. The van der Waals surface area contributed by atoms with E-state index in [1.54, 1.807) is 0 Å². The van der Waals surface area contributed by atoms with Crippen molar-refractivity contribution in [1.82, 2.24) is 9.13 Å². The fourth-order valence-corrected chi connectivity index (χ4v) is 10.7. The van der Waals surface area contributed by atoms with Crippen molar-refractivity contribution in [3.63, 3.8) is 0 Å². The van der Waals surface area contributed by atoms with E-state index in [1.165, 1.54) is 96.5 Å². The fourth-order valence-electron chi connectivity index (χ4n) is 8.24. The minimum atomic E-state index is 0.218. The molecule has 51 heavy (non-hydrogen) atoms. The van der Waals surface area contributed by atoms with Crippen LogP contribution in [0, 0.1) is 0 Å². The monoisotopic (exact) mass is 714 g/mol. The summed E-state index contributed by atoms with van der Waals surface area (Å²) in [6.45, 7) is 0. The Morgan fingerprint density at radius 3 is 1.63 bits per heavy atom. The van der Waals surface area contributed by atoms with Crippen molar-refractivity contribution >= 4 is 77.4 Å². The Hall–Kier alpha value is -6.12. The number of hydrogen-bond donors (Lipinski definition) is 0. The van der Waals surface area contributed by atoms with Crippen LogP contribution in [-0.2, 0) is 0 Å². The van der Waals surface area contributed by atoms with Crippen molar-refractivity contribution in [3.8, 4) is 33.6 Å². The summed E-state index contributed by atoms with van der Waals surface area (Å²) in [5.74, 6) is 0. The van der Waals surface area contributed by atoms with Gasteiger partial charge in [0, 0.05) is 0 Å². The molecule has 0 amide bonds. The van der Waals surface area contributed by atoms with Gasteiger partial charge in [0.15, 0.2) is 0 Å². The summed E-state index contributed by atoms with van der Waals surface area (Å²) in [6, 6.07) is 67.0. The average molecular weight is 714 g/mol. The number of hydrogen-bond acceptors (Lipinski definition) is 0. The van der Waals surface area contributed by atoms with Gasteiger partial charge in [0.25, 0.3) is 0 Å². The second-order valence-corrected chi connectivity index (χ2v) is 15.6. The summed E-state index contributed by atoms with van der Waals surface area (Å²) in [5, 5.41) is 7.82. The van der Waals surface area contributed by atoms with E-state index in [0.717, 1.165) is 0 Å². The van der Waals surface area contributed by atoms with E-state index in [-0.39, 0.29) is 14.5 Å². The van der Waals surface area contributed by atoms with Crippen molar-refractivity contribution in [1.29, 1.82) is 0 Å². The van der Waals surface area contributed by atoms with Gasteiger partial charge in [-0.15, -0.1) is 0 Å². The van der Waals surface area contributed by atoms with Crippen LogP contribution in [0.25, 0.3) is 96.5 Å². The zero-order valence-electron chi connectivity index (χ0n) is 27.6. The number of fused-ring (bicyclic) bond motifs is 9. The Balaban J connectivity index is 1.10. The topological polar surface area (TPSA) is 9.86 Å². The van der Waals surface area contributed by atoms with Gasteiger partial charge in [-0.1, -0.05) is 12.1 Å². The van der Waals surface area contributed by atoms with Crippen LogP contribution in [0.2, 0.25) is 0 Å². The molecule has 0 atom stereocenters. The van der Waals surface area contributed by atoms with Gasteiger partial charge in [0.2, 0.25) is 0 Å². The summed E-state index contributed by atoms with van der Waals surface area (Å²) >= 11 is 0.218. The maximum atomic E-state index is 2.50. The summed E-state index contributed by atoms with van der Waals surface area (Å²) in [7, 11) is 0. The molecule has 0 radical (unpaired) electrons. The Kier molecular flexibility index (Phi) is 6.30. The van der Waals surface area contributed by atoms with Gasteiger partial charge >= 0.3 is 290 Å². The third-order valence-corrected chi connectivity index (χ3v) is 12.9. The predicted molar refractivity (Wildman–Crippen MR) is 218 cm³/mol. The predicted octanol–water partition coefficient (Wildman–Crippen LogP) is 12.6. The first-order chi connectivity index (χ1) is 25.3. The van der Waals surface area contributed by atoms with Gasteiger partial charge in [-0.25, -0.2) is 0 Å². The molecule has 0 saturated heterocycles. The van der Waals surface area contributed by atoms with Crippen molar-refractivity contribution < 1.29 is 0 Å². The van der Waals surface area contributed by atoms with Gasteiger partial charge in [0.05, 0.1) is 0 Å². The molecule has 0 fully saturated rings. The quantitative estimate of drug-likeness (QED) is 0.161. The van der Waals surface area contributed by atoms with Crippen molar-refractivity contribution in [3.05, 3.63) is 182 Å². The molecule has 0 N–H and O–H groups in total. The molecule has 0 saturated carbocycles. The van der Waals surface area contributed by atoms with Gasteiger partial charge < -0.3 is 0 Å². The summed E-state index contributed by atoms with van der Waals surface area (Å²) in [5.41, 5.74) is 12.4. The van der Waals surface area contributed by atoms with Crippen molar-refractivity contribution in [2.45, 2.75) is 0 Å². The van der Waals surface area contributed by atoms with Gasteiger partial charge in [-0.05, 0) is 0 Å². The van der Waals surface area contributed by atoms with Crippen LogP contribution in [-0.4, -0.2) is 23.6 Å². The van der Waals surface area contributed by atoms with E-state index >= 15 is 0 Å². The Morgan fingerprint density at radius 1 is 0.314 bits per heavy atom. The van der Waals surface area contributed by atoms with E-state index in [1.807, 2.05) is 0 Å². The molecule has 2 nitrogen and oxygen atoms in total. The second-order valence-electron chi connectivity index (χ2n) is 13.3. The summed E-state index contributed by atoms with van der Waals surface area (Å²) in [6.07, 6.45) is 0. The van der Waals surface area contributed by atoms with E-state index in [2.05, 4.69) is 191 Å². The molecule has 0 unspecified atom stereocenters. The molecule has 3 heteroatoms. The van der Waals surface area contributed by atoms with Gasteiger partial charge in [0.1, 0.15) is 0 Å². The molecule has 8 aromatic carbocycles. The summed E-state index contributed by atoms with van der Waals surface area (Å²) < 4.78 is 7.81. The number of benzene rings is 8. The number of rotatable bonds is 4. The van der Waals surface area contributed by atoms with E-state index in [9.17, 15) is 0 Å². The summed E-state index contributed by atoms with van der Waals surface area (Å²) in [4.78, 5) is 0. The number of aromatic nitrogens is 2. The molecule has 0 aliphatic heterocycles. The van der Waals surface area contributed by atoms with Crippen LogP contribution in [0.15, 0.2) is 182 Å². The third kappa shape index (κ3) is 4.36. The molecule has 0 bridgehead atoms. The minimum absolute atomic E-state index is 0.218. The standard InChI is InChI=1S/C48H30N2Se/c1-2-12-31(13-3-1)32-14-10-15-33(28-32)34-24-26-39-47(29-34)51-46-23-11-22-45(48(39)46)50-43-21-9-6-18-38(43)40-30-35(25-27-44(40)50)49-41-19-7-4-16-36(41)37-17-5-8-20-42(37)49/h1-30H. The van der Waals surface area contributed by atoms with Crippen LogP contribution in [0.1, 0.15) is 0 Å². The second kappa shape index (κ2) is 11.2. The maximum absolute atomic E-state index is 2.50. The van der Waals surface area contributed by atoms with Gasteiger partial charge in [-0.3, -0.25) is 0 Å². The zero-order chi connectivity index (χ0) is 33.5. The Bertz CT molecular complexity index is 3090. The molecule has 0 spiro atoms. The van der Waals surface area contributed by atoms with Crippen LogP contribution in [0.5, 0.6) is 0 Å². The van der Waals surface area contributed by atoms with Gasteiger partial charge in [-0.2, -0.15) is 0 Å². The Morgan fingerprint density at radius 2 is 0.882 bits per heavy atom. The molecule has 0 aliphatic carbocycles. The molecule has 3 aromatic heterocycles. The van der Waals surface area contributed by atoms with Crippen LogP contribution >= 0.6 is 0 Å². The molecule has 11 aromatic rings.